The van der Waals surface area contributed by atoms with Crippen molar-refractivity contribution in [2.75, 3.05) is 0 Å². The van der Waals surface area contributed by atoms with Gasteiger partial charge in [0.1, 0.15) is 0 Å². The second-order valence-electron chi connectivity index (χ2n) is 27.4. The number of allylic oxidation sites excluding steroid dienone is 8. The molecule has 0 aliphatic heterocycles. The second kappa shape index (κ2) is 40.7. The summed E-state index contributed by atoms with van der Waals surface area (Å²) in [5.41, 5.74) is 22.8. The summed E-state index contributed by atoms with van der Waals surface area (Å²) in [5.74, 6) is 0.202. The Bertz CT molecular complexity index is 5630. The van der Waals surface area contributed by atoms with Gasteiger partial charge < -0.3 is 24.8 Å². The van der Waals surface area contributed by atoms with Gasteiger partial charge in [0.2, 0.25) is 0 Å². The summed E-state index contributed by atoms with van der Waals surface area (Å²) in [6.45, 7) is 0. The molecule has 0 aromatic heterocycles. The summed E-state index contributed by atoms with van der Waals surface area (Å²) in [7, 11) is 0. The van der Waals surface area contributed by atoms with Crippen LogP contribution in [0.3, 0.4) is 0 Å². The van der Waals surface area contributed by atoms with Crippen LogP contribution in [-0.2, 0) is 48.5 Å². The van der Waals surface area contributed by atoms with Crippen LogP contribution in [0.25, 0.3) is 76.5 Å². The quantitative estimate of drug-likeness (QED) is 0.107. The van der Waals surface area contributed by atoms with Crippen molar-refractivity contribution in [3.8, 4) is 0 Å². The van der Waals surface area contributed by atoms with E-state index in [1.54, 1.807) is 0 Å². The van der Waals surface area contributed by atoms with E-state index in [1.165, 1.54) is 198 Å². The predicted octanol–water partition coefficient (Wildman–Crippen LogP) is 21.6. The Labute approximate surface area is 713 Å². The third-order valence-electron chi connectivity index (χ3n) is 20.2. The van der Waals surface area contributed by atoms with Crippen LogP contribution in [0.1, 0.15) is 78.6 Å². The summed E-state index contributed by atoms with van der Waals surface area (Å²) in [6.07, 6.45) is 7.73. The molecule has 114 heavy (non-hydrogen) atoms. The molecule has 0 fully saturated rings. The number of rotatable bonds is 12. The Kier molecular flexibility index (Phi) is 28.7. The molecule has 20 rings (SSSR count). The van der Waals surface area contributed by atoms with Crippen molar-refractivity contribution < 1.29 is 73.3 Å². The third kappa shape index (κ3) is 19.7. The van der Waals surface area contributed by atoms with Crippen molar-refractivity contribution in [3.63, 3.8) is 0 Å². The smallest absolute Gasteiger partial charge is 0.0771 e. The molecule has 2 aliphatic rings. The molecule has 0 saturated heterocycles. The second-order valence-corrected chi connectivity index (χ2v) is 29.8. The van der Waals surface area contributed by atoms with Gasteiger partial charge in [0.05, 0.1) is 0 Å². The van der Waals surface area contributed by atoms with Gasteiger partial charge in [0.15, 0.2) is 0 Å². The van der Waals surface area contributed by atoms with Crippen LogP contribution in [-0.4, -0.2) is 6.41 Å². The van der Waals surface area contributed by atoms with E-state index >= 15 is 0 Å². The number of hydrogen-bond acceptors (Lipinski definition) is 0. The molecule has 4 heteroatoms. The molecule has 0 spiro atoms. The van der Waals surface area contributed by atoms with E-state index in [0.717, 1.165) is 0 Å². The normalized spacial score (nSPS) is 13.1. The summed E-state index contributed by atoms with van der Waals surface area (Å²) in [5, 5.41) is 10.8. The zero-order chi connectivity index (χ0) is 75.9. The maximum Gasteiger partial charge on any atom is -0.0771 e. The first-order chi connectivity index (χ1) is 55.5. The van der Waals surface area contributed by atoms with Gasteiger partial charge >= 0.3 is 198 Å². The monoisotopic (exact) mass is 1650 g/mol. The zero-order valence-electron chi connectivity index (χ0n) is 62.9. The van der Waals surface area contributed by atoms with E-state index in [4.69, 9.17) is 0 Å². The van der Waals surface area contributed by atoms with Gasteiger partial charge in [-0.15, -0.1) is 126 Å². The molecule has 0 saturated carbocycles. The molecule has 2 unspecified atom stereocenters. The molecule has 0 heterocycles. The van der Waals surface area contributed by atoms with Crippen molar-refractivity contribution in [3.05, 3.63) is 552 Å². The molecule has 0 nitrogen and oxygen atoms in total. The molecule has 0 bridgehead atoms. The summed E-state index contributed by atoms with van der Waals surface area (Å²) in [6, 6.07) is 166. The van der Waals surface area contributed by atoms with E-state index in [2.05, 4.69) is 485 Å². The van der Waals surface area contributed by atoms with Crippen LogP contribution < -0.4 is 24.8 Å². The Morgan fingerprint density at radius 1 is 0.202 bits per heavy atom. The standard InChI is InChI=1S/2C29H21.2C13H9.2C13H10.2ClH.2Zr/c2*1-5-13-22(14-6-1)26-21-27(23-15-7-2-8-16-23)29(25-19-11-4-12-20-25)28(26)24-17-9-3-10-18-24;2*1-3-7-12-10(5-1)9-11-6-2-4-8-13(11)12;2*1-3-7-12(8-4-1)11-13-9-5-2-6-10-13;;;;/h2*1-20,26H;2*1-9H;2*1-10H;2*1H;;/q4*-1;;;;;2*+2/p-2. The minimum absolute atomic E-state index is 0. The Morgan fingerprint density at radius 2 is 0.386 bits per heavy atom. The first-order valence-electron chi connectivity index (χ1n) is 38.1. The van der Waals surface area contributed by atoms with Crippen molar-refractivity contribution in [1.82, 2.24) is 0 Å². The Hall–Kier alpha value is -11.7. The fourth-order valence-electron chi connectivity index (χ4n) is 14.8. The number of halogens is 2. The SMILES string of the molecule is [C-]1=C(c2ccccc2)C(c2ccccc2)=C(c2ccccc2)C1c1ccccc1.[C-]1=C(c2ccccc2)C(c2ccccc2)=C(c2ccccc2)C1c1ccccc1.[Cl-].[Cl-].[Zr+2]=[C](c1ccccc1)c1ccccc1.[Zr+2]=[C](c1ccccc1)c1ccccc1.c1ccc2c(c1)[cH-]c1ccccc12.c1ccc2c(c1)[cH-]c1ccccc12. The fraction of sp³-hybridized carbons (Fsp3) is 0.0182. The molecular weight excluding hydrogens is 1570 g/mol. The molecule has 2 aliphatic carbocycles. The average molecular weight is 1660 g/mol. The zero-order valence-corrected chi connectivity index (χ0v) is 69.4. The largest absolute Gasteiger partial charge is 0.126 e. The Morgan fingerprint density at radius 3 is 0.623 bits per heavy atom. The topological polar surface area (TPSA) is 0 Å². The molecule has 2 atom stereocenters. The van der Waals surface area contributed by atoms with Gasteiger partial charge in [0.25, 0.3) is 0 Å². The van der Waals surface area contributed by atoms with Crippen LogP contribution >= 0.6 is 0 Å². The maximum atomic E-state index is 3.86. The fourth-order valence-corrected chi connectivity index (χ4v) is 16.5. The summed E-state index contributed by atoms with van der Waals surface area (Å²) in [4.78, 5) is 0. The predicted molar refractivity (Wildman–Crippen MR) is 470 cm³/mol. The van der Waals surface area contributed by atoms with Gasteiger partial charge in [-0.05, 0) is 34.1 Å². The van der Waals surface area contributed by atoms with E-state index in [0.29, 0.717) is 0 Å². The van der Waals surface area contributed by atoms with Gasteiger partial charge in [-0.3, -0.25) is 0 Å². The molecule has 0 amide bonds. The summed E-state index contributed by atoms with van der Waals surface area (Å²) >= 11 is 2.92. The maximum absolute atomic E-state index is 3.86. The molecule has 18 aromatic carbocycles. The van der Waals surface area contributed by atoms with E-state index in [1.807, 2.05) is 0 Å². The minimum Gasteiger partial charge on any atom is -0.126 e. The molecule has 0 N–H and O–H groups in total. The van der Waals surface area contributed by atoms with Crippen LogP contribution in [0.2, 0.25) is 0 Å². The first kappa shape index (κ1) is 80.4. The van der Waals surface area contributed by atoms with Crippen molar-refractivity contribution in [2.45, 2.75) is 11.8 Å². The van der Waals surface area contributed by atoms with Gasteiger partial charge in [-0.25, -0.2) is 0 Å². The first-order valence-corrected chi connectivity index (χ1v) is 40.6. The van der Waals surface area contributed by atoms with Crippen LogP contribution in [0.5, 0.6) is 0 Å². The number of benzene rings is 16. The van der Waals surface area contributed by atoms with Crippen molar-refractivity contribution >= 4 is 82.9 Å². The molecular formula is C110H80Cl2Zr2-2. The summed E-state index contributed by atoms with van der Waals surface area (Å²) < 4.78 is 2.83. The van der Waals surface area contributed by atoms with Crippen molar-refractivity contribution in [2.24, 2.45) is 0 Å². The molecule has 0 radical (unpaired) electrons. The molecule has 18 aromatic rings. The average Bonchev–Trinajstić information content (AvgIpc) is 1.61. The van der Waals surface area contributed by atoms with E-state index in [-0.39, 0.29) is 36.6 Å². The third-order valence-corrected chi connectivity index (χ3v) is 23.0. The number of fused-ring (bicyclic) bond motifs is 6. The number of hydrogen-bond donors (Lipinski definition) is 0. The molecule has 544 valence electrons. The van der Waals surface area contributed by atoms with E-state index in [9.17, 15) is 0 Å². The van der Waals surface area contributed by atoms with E-state index < -0.39 is 0 Å². The van der Waals surface area contributed by atoms with Gasteiger partial charge in [-0.1, -0.05) is 313 Å². The van der Waals surface area contributed by atoms with Crippen LogP contribution in [0, 0.1) is 12.2 Å². The van der Waals surface area contributed by atoms with Gasteiger partial charge in [0, 0.05) is 0 Å². The Balaban J connectivity index is 0.000000124. The van der Waals surface area contributed by atoms with Crippen LogP contribution in [0.4, 0.5) is 0 Å². The van der Waals surface area contributed by atoms with Gasteiger partial charge in [-0.2, -0.15) is 23.3 Å². The van der Waals surface area contributed by atoms with Crippen molar-refractivity contribution in [1.29, 1.82) is 0 Å². The van der Waals surface area contributed by atoms with Crippen LogP contribution in [0.15, 0.2) is 473 Å². The minimum atomic E-state index is 0.